The molecule has 0 radical (unpaired) electrons. The Hall–Kier alpha value is -6.94. The van der Waals surface area contributed by atoms with E-state index >= 15 is 0 Å². The molecule has 0 aliphatic heterocycles. The molecular weight excluding hydrogens is 700 g/mol. The summed E-state index contributed by atoms with van der Waals surface area (Å²) in [5.74, 6) is -6.25. The van der Waals surface area contributed by atoms with Crippen LogP contribution in [0, 0.1) is 23.3 Å². The van der Waals surface area contributed by atoms with E-state index in [0.717, 1.165) is 23.3 Å². The lowest BCUT2D eigenvalue weighted by Gasteiger charge is -2.17. The molecule has 0 saturated heterocycles. The monoisotopic (exact) mass is 730 g/mol. The molecule has 0 aliphatic rings. The first-order valence-corrected chi connectivity index (χ1v) is 16.4. The van der Waals surface area contributed by atoms with Gasteiger partial charge in [0.15, 0.2) is 0 Å². The number of halogens is 4. The topological polar surface area (TPSA) is 93.1 Å². The summed E-state index contributed by atoms with van der Waals surface area (Å²) >= 11 is 0. The standard InChI is InChI=1S/C44H30F4O6/c1-3-5-25-7-17-41(53-43(51)35-21-27(9-15-39(35)49)31-13-11-29(45)23-37(31)47)33(19-25)34-20-26(6-4-2)8-18-42(34)54-44(52)36-22-28(10-16-40(36)50)32-14-12-30(46)24-38(32)48/h3-4,7-24,49-50H,1-2,5-6H2. The van der Waals surface area contributed by atoms with Crippen molar-refractivity contribution in [3.63, 3.8) is 0 Å². The molecule has 0 heterocycles. The second-order valence-corrected chi connectivity index (χ2v) is 12.1. The molecule has 6 aromatic rings. The van der Waals surface area contributed by atoms with Gasteiger partial charge in [-0.2, -0.15) is 0 Å². The fourth-order valence-electron chi connectivity index (χ4n) is 5.83. The number of hydrogen-bond donors (Lipinski definition) is 2. The third-order valence-electron chi connectivity index (χ3n) is 8.46. The van der Waals surface area contributed by atoms with Gasteiger partial charge in [-0.05, 0) is 108 Å². The van der Waals surface area contributed by atoms with Crippen LogP contribution < -0.4 is 9.47 Å². The van der Waals surface area contributed by atoms with Crippen molar-refractivity contribution < 1.29 is 46.8 Å². The number of carbonyl (C=O) groups is 2. The van der Waals surface area contributed by atoms with Gasteiger partial charge in [0, 0.05) is 34.4 Å². The van der Waals surface area contributed by atoms with Crippen molar-refractivity contribution in [3.8, 4) is 56.4 Å². The van der Waals surface area contributed by atoms with Crippen LogP contribution in [0.4, 0.5) is 17.6 Å². The lowest BCUT2D eigenvalue weighted by Crippen LogP contribution is -2.12. The van der Waals surface area contributed by atoms with E-state index in [1.165, 1.54) is 60.7 Å². The summed E-state index contributed by atoms with van der Waals surface area (Å²) in [7, 11) is 0. The predicted molar refractivity (Wildman–Crippen MR) is 197 cm³/mol. The van der Waals surface area contributed by atoms with Gasteiger partial charge in [0.2, 0.25) is 0 Å². The summed E-state index contributed by atoms with van der Waals surface area (Å²) in [6.07, 6.45) is 4.15. The summed E-state index contributed by atoms with van der Waals surface area (Å²) in [5.41, 5.74) is 1.80. The molecule has 0 unspecified atom stereocenters. The Morgan fingerprint density at radius 3 is 1.30 bits per heavy atom. The molecule has 0 aliphatic carbocycles. The Balaban J connectivity index is 1.40. The average Bonchev–Trinajstić information content (AvgIpc) is 3.14. The maximum absolute atomic E-state index is 14.6. The van der Waals surface area contributed by atoms with Crippen LogP contribution in [0.15, 0.2) is 135 Å². The van der Waals surface area contributed by atoms with Gasteiger partial charge in [0.05, 0.1) is 0 Å². The summed E-state index contributed by atoms with van der Waals surface area (Å²) in [4.78, 5) is 27.3. The van der Waals surface area contributed by atoms with Gasteiger partial charge in [0.1, 0.15) is 57.4 Å². The minimum atomic E-state index is -1.01. The molecular formula is C44H30F4O6. The molecule has 0 bridgehead atoms. The summed E-state index contributed by atoms with van der Waals surface area (Å²) < 4.78 is 68.1. The number of aromatic hydroxyl groups is 2. The second kappa shape index (κ2) is 15.7. The maximum atomic E-state index is 14.6. The van der Waals surface area contributed by atoms with Crippen molar-refractivity contribution in [1.29, 1.82) is 0 Å². The minimum Gasteiger partial charge on any atom is -0.507 e. The lowest BCUT2D eigenvalue weighted by molar-refractivity contribution is 0.0719. The zero-order valence-corrected chi connectivity index (χ0v) is 28.4. The van der Waals surface area contributed by atoms with Crippen LogP contribution in [0.25, 0.3) is 33.4 Å². The molecule has 0 fully saturated rings. The first kappa shape index (κ1) is 36.8. The van der Waals surface area contributed by atoms with Crippen molar-refractivity contribution in [2.45, 2.75) is 12.8 Å². The fourth-order valence-corrected chi connectivity index (χ4v) is 5.83. The highest BCUT2D eigenvalue weighted by Crippen LogP contribution is 2.40. The number of allylic oxidation sites excluding steroid dienone is 2. The lowest BCUT2D eigenvalue weighted by atomic mass is 9.97. The number of rotatable bonds is 11. The van der Waals surface area contributed by atoms with Crippen molar-refractivity contribution in [2.24, 2.45) is 0 Å². The Morgan fingerprint density at radius 1 is 0.519 bits per heavy atom. The molecule has 0 spiro atoms. The molecule has 54 heavy (non-hydrogen) atoms. The van der Waals surface area contributed by atoms with Gasteiger partial charge >= 0.3 is 11.9 Å². The predicted octanol–water partition coefficient (Wildman–Crippen LogP) is 10.6. The van der Waals surface area contributed by atoms with Crippen molar-refractivity contribution in [1.82, 2.24) is 0 Å². The smallest absolute Gasteiger partial charge is 0.347 e. The molecule has 0 amide bonds. The highest BCUT2D eigenvalue weighted by atomic mass is 19.1. The largest absolute Gasteiger partial charge is 0.507 e. The second-order valence-electron chi connectivity index (χ2n) is 12.1. The van der Waals surface area contributed by atoms with Gasteiger partial charge in [-0.25, -0.2) is 27.2 Å². The molecule has 6 rings (SSSR count). The molecule has 0 saturated carbocycles. The maximum Gasteiger partial charge on any atom is 0.347 e. The Labute approximate surface area is 307 Å². The number of phenolic OH excluding ortho intramolecular Hbond substituents is 2. The number of ether oxygens (including phenoxy) is 2. The number of hydrogen-bond acceptors (Lipinski definition) is 6. The minimum absolute atomic E-state index is 0.00439. The van der Waals surface area contributed by atoms with Gasteiger partial charge in [0.25, 0.3) is 0 Å². The number of carbonyl (C=O) groups excluding carboxylic acids is 2. The van der Waals surface area contributed by atoms with E-state index in [2.05, 4.69) is 13.2 Å². The molecule has 0 atom stereocenters. The SMILES string of the molecule is C=CCc1ccc(OC(=O)c2cc(-c3ccc(F)cc3F)ccc2O)c(-c2cc(CC=C)ccc2OC(=O)c2cc(-c3ccc(F)cc3F)ccc2O)c1. The third-order valence-corrected chi connectivity index (χ3v) is 8.46. The van der Waals surface area contributed by atoms with Gasteiger partial charge < -0.3 is 19.7 Å². The van der Waals surface area contributed by atoms with E-state index < -0.39 is 46.7 Å². The number of esters is 2. The third kappa shape index (κ3) is 7.93. The van der Waals surface area contributed by atoms with E-state index in [1.54, 1.807) is 36.4 Å². The van der Waals surface area contributed by atoms with E-state index in [-0.39, 0.29) is 44.9 Å². The Kier molecular flexibility index (Phi) is 10.7. The van der Waals surface area contributed by atoms with Crippen LogP contribution >= 0.6 is 0 Å². The van der Waals surface area contributed by atoms with E-state index in [9.17, 15) is 37.4 Å². The Morgan fingerprint density at radius 2 is 0.926 bits per heavy atom. The molecule has 6 aromatic carbocycles. The summed E-state index contributed by atoms with van der Waals surface area (Å²) in [6, 6.07) is 23.3. The molecule has 6 nitrogen and oxygen atoms in total. The highest BCUT2D eigenvalue weighted by Gasteiger charge is 2.23. The zero-order valence-electron chi connectivity index (χ0n) is 28.4. The normalized spacial score (nSPS) is 10.8. The first-order chi connectivity index (χ1) is 25.9. The summed E-state index contributed by atoms with van der Waals surface area (Å²) in [6.45, 7) is 7.58. The molecule has 2 N–H and O–H groups in total. The van der Waals surface area contributed by atoms with Crippen LogP contribution in [-0.4, -0.2) is 22.2 Å². The Bertz CT molecular complexity index is 2290. The van der Waals surface area contributed by atoms with Gasteiger partial charge in [-0.15, -0.1) is 13.2 Å². The fraction of sp³-hybridized carbons (Fsp3) is 0.0455. The van der Waals surface area contributed by atoms with Crippen LogP contribution in [0.3, 0.4) is 0 Å². The van der Waals surface area contributed by atoms with E-state index in [1.807, 2.05) is 0 Å². The van der Waals surface area contributed by atoms with Crippen LogP contribution in [-0.2, 0) is 12.8 Å². The van der Waals surface area contributed by atoms with Crippen LogP contribution in [0.5, 0.6) is 23.0 Å². The number of phenols is 2. The van der Waals surface area contributed by atoms with Crippen molar-refractivity contribution >= 4 is 11.9 Å². The van der Waals surface area contributed by atoms with Crippen LogP contribution in [0.1, 0.15) is 31.8 Å². The van der Waals surface area contributed by atoms with Crippen LogP contribution in [0.2, 0.25) is 0 Å². The van der Waals surface area contributed by atoms with Gasteiger partial charge in [-0.1, -0.05) is 36.4 Å². The molecule has 0 aromatic heterocycles. The van der Waals surface area contributed by atoms with Crippen molar-refractivity contribution in [2.75, 3.05) is 0 Å². The molecule has 270 valence electrons. The quantitative estimate of drug-likeness (QED) is 0.0597. The van der Waals surface area contributed by atoms with E-state index in [0.29, 0.717) is 36.1 Å². The highest BCUT2D eigenvalue weighted by molar-refractivity contribution is 5.98. The zero-order chi connectivity index (χ0) is 38.5. The number of benzene rings is 6. The first-order valence-electron chi connectivity index (χ1n) is 16.4. The average molecular weight is 731 g/mol. The van der Waals surface area contributed by atoms with Gasteiger partial charge in [-0.3, -0.25) is 0 Å². The summed E-state index contributed by atoms with van der Waals surface area (Å²) in [5, 5.41) is 21.3. The van der Waals surface area contributed by atoms with E-state index in [4.69, 9.17) is 9.47 Å². The van der Waals surface area contributed by atoms with Crippen molar-refractivity contribution in [3.05, 3.63) is 180 Å². The molecule has 10 heteroatoms.